The molecule has 4 saturated heterocycles. The topological polar surface area (TPSA) is 379 Å². The Bertz CT molecular complexity index is 3760. The number of carbonyl (C=O) groups excluding carboxylic acids is 5. The first kappa shape index (κ1) is 71.3. The lowest BCUT2D eigenvalue weighted by molar-refractivity contribution is -0.348. The number of carbonyl (C=O) groups is 5. The minimum atomic E-state index is -2.47. The average molecular weight is 1370 g/mol. The fourth-order valence-corrected chi connectivity index (χ4v) is 17.9. The summed E-state index contributed by atoms with van der Waals surface area (Å²) in [6.07, 6.45) is -14.5. The normalized spacial score (nSPS) is 38.3. The van der Waals surface area contributed by atoms with Crippen LogP contribution in [-0.2, 0) is 61.6 Å². The van der Waals surface area contributed by atoms with Crippen molar-refractivity contribution in [2.45, 2.75) is 208 Å². The summed E-state index contributed by atoms with van der Waals surface area (Å²) in [6.45, 7) is 10.2. The van der Waals surface area contributed by atoms with Gasteiger partial charge in [-0.05, 0) is 105 Å². The van der Waals surface area contributed by atoms with Crippen molar-refractivity contribution in [2.75, 3.05) is 56.6 Å². The first-order valence-corrected chi connectivity index (χ1v) is 33.2. The molecule has 0 bridgehead atoms. The van der Waals surface area contributed by atoms with Crippen LogP contribution in [0.15, 0.2) is 46.3 Å². The van der Waals surface area contributed by atoms with Crippen molar-refractivity contribution < 1.29 is 117 Å². The molecule has 0 amide bonds. The lowest BCUT2D eigenvalue weighted by atomic mass is 9.55. The lowest BCUT2D eigenvalue weighted by Crippen LogP contribution is -2.70. The zero-order valence-corrected chi connectivity index (χ0v) is 57.1. The van der Waals surface area contributed by atoms with Crippen molar-refractivity contribution in [1.29, 1.82) is 0 Å². The number of hydrogen-bond donors (Lipinski definition) is 7. The third-order valence-corrected chi connectivity index (χ3v) is 22.0. The smallest absolute Gasteiger partial charge is 0.190 e. The van der Waals surface area contributed by atoms with Crippen LogP contribution >= 0.6 is 0 Å². The molecule has 7 N–H and O–H groups in total. The van der Waals surface area contributed by atoms with E-state index in [2.05, 4.69) is 5.11 Å². The molecule has 4 fully saturated rings. The predicted octanol–water partition coefficient (Wildman–Crippen LogP) is 5.69. The van der Waals surface area contributed by atoms with Gasteiger partial charge in [0.05, 0.1) is 101 Å². The Labute approximate surface area is 566 Å². The molecule has 0 aromatic heterocycles. The van der Waals surface area contributed by atoms with E-state index in [-0.39, 0.29) is 54.4 Å². The van der Waals surface area contributed by atoms with Crippen molar-refractivity contribution in [2.24, 2.45) is 17.0 Å². The van der Waals surface area contributed by atoms with E-state index in [1.54, 1.807) is 79.5 Å². The van der Waals surface area contributed by atoms with Crippen LogP contribution in [-0.4, -0.2) is 253 Å². The number of aliphatic hydroxyl groups is 3. The van der Waals surface area contributed by atoms with Crippen LogP contribution in [0.1, 0.15) is 150 Å². The van der Waals surface area contributed by atoms with Crippen LogP contribution in [0.2, 0.25) is 0 Å². The summed E-state index contributed by atoms with van der Waals surface area (Å²) in [5, 5.41) is 93.7. The fraction of sp³-hybridized carbons (Fsp3) is 0.614. The van der Waals surface area contributed by atoms with E-state index in [1.165, 1.54) is 34.5 Å². The minimum absolute atomic E-state index is 0.0689. The molecule has 0 spiro atoms. The van der Waals surface area contributed by atoms with Crippen LogP contribution in [0, 0.1) is 11.8 Å². The number of benzene rings is 2. The number of rotatable bonds is 18. The van der Waals surface area contributed by atoms with Crippen molar-refractivity contribution in [3.8, 4) is 23.0 Å². The molecule has 6 aliphatic carbocycles. The largest absolute Gasteiger partial charge is 0.711 e. The van der Waals surface area contributed by atoms with Gasteiger partial charge in [-0.1, -0.05) is 13.8 Å². The van der Waals surface area contributed by atoms with Gasteiger partial charge in [-0.2, -0.15) is 0 Å². The Morgan fingerprint density at radius 2 is 0.949 bits per heavy atom. The number of phenolic OH excluding ortho intramolecular Hbond substituents is 4. The number of likely N-dealkylation sites (N-methyl/N-ethyl adjacent to an activating group) is 2. The van der Waals surface area contributed by atoms with Gasteiger partial charge in [0.2, 0.25) is 0 Å². The highest BCUT2D eigenvalue weighted by molar-refractivity contribution is 6.31. The molecule has 23 atom stereocenters. The first-order valence-electron chi connectivity index (χ1n) is 33.2. The van der Waals surface area contributed by atoms with E-state index < -0.39 is 248 Å². The van der Waals surface area contributed by atoms with E-state index in [9.17, 15) is 60.5 Å². The summed E-state index contributed by atoms with van der Waals surface area (Å²) in [5.41, 5.74) is 1.28. The Morgan fingerprint density at radius 3 is 1.37 bits per heavy atom. The summed E-state index contributed by atoms with van der Waals surface area (Å²) in [7, 11) is 12.9. The Morgan fingerprint density at radius 1 is 0.531 bits per heavy atom. The van der Waals surface area contributed by atoms with E-state index in [4.69, 9.17) is 56.8 Å². The third kappa shape index (κ3) is 10.9. The van der Waals surface area contributed by atoms with Gasteiger partial charge in [0, 0.05) is 93.1 Å². The highest BCUT2D eigenvalue weighted by Crippen LogP contribution is 2.67. The number of phenols is 4. The van der Waals surface area contributed by atoms with Crippen LogP contribution in [0.5, 0.6) is 23.0 Å². The molecular weight excluding hydrogens is 1280 g/mol. The van der Waals surface area contributed by atoms with Gasteiger partial charge < -0.3 is 113 Å². The number of ketones is 5. The Balaban J connectivity index is 1.22. The molecule has 10 aliphatic rings. The Kier molecular flexibility index (Phi) is 19.5. The molecule has 0 saturated carbocycles. The maximum Gasteiger partial charge on any atom is 0.190 e. The van der Waals surface area contributed by atoms with Gasteiger partial charge in [0.1, 0.15) is 64.4 Å². The number of aromatic hydroxyl groups is 4. The number of nitrogens with zero attached hydrogens (tertiary/aromatic N) is 4. The van der Waals surface area contributed by atoms with Crippen molar-refractivity contribution in [3.63, 3.8) is 0 Å². The molecule has 4 heterocycles. The maximum atomic E-state index is 18.0. The molecule has 28 nitrogen and oxygen atoms in total. The van der Waals surface area contributed by atoms with Crippen LogP contribution in [0.25, 0.3) is 22.8 Å². The number of allylic oxidation sites excluding steroid dienone is 5. The fourth-order valence-electron chi connectivity index (χ4n) is 17.9. The number of fused-ring (bicyclic) bond motifs is 7. The Hall–Kier alpha value is -6.55. The van der Waals surface area contributed by atoms with E-state index in [0.717, 1.165) is 24.3 Å². The monoisotopic (exact) mass is 1370 g/mol. The maximum absolute atomic E-state index is 18.0. The molecule has 0 radical (unpaired) electrons. The number of aliphatic hydroxyl groups excluding tert-OH is 3. The second-order valence-electron chi connectivity index (χ2n) is 27.5. The van der Waals surface area contributed by atoms with Gasteiger partial charge in [-0.15, -0.1) is 0 Å². The van der Waals surface area contributed by atoms with Gasteiger partial charge in [0.25, 0.3) is 0 Å². The van der Waals surface area contributed by atoms with E-state index in [0.29, 0.717) is 0 Å². The van der Waals surface area contributed by atoms with Crippen molar-refractivity contribution in [1.82, 2.24) is 9.80 Å². The number of methoxy groups -OCH3 is 4. The molecule has 1 unspecified atom stereocenters. The molecule has 98 heavy (non-hydrogen) atoms. The number of ether oxygens (including phenoxy) is 12. The molecular formula is C70H87N4O24-. The standard InChI is InChI=1S/C70H87N4O24/c1-15-69(97-42-24-38(87-11)65(89-13)28(5)93-42)54(63(85)45-31(67(69)95-40-22-36(79)57(73(7)8)26(3)91-40)21-30-44(45)60(82)47-33(76)18-17-32(75)46(47)59(30)81)55-64(86)51-50-52(62(84)49-35(78)20-19-34(77)48(49)61(50)83)56(72-71)53(51)68(96-41-23-37(80)58(74(9)10)27(4)92-41)70(55,16-2)98-43-25-39(88-12)66(90-14)29(6)94-43/h17-21,26-29,36-43,54-58,65-68,79-85H,15-16,22-25H2,1-14H3/q-1/t26-,27-,28-,29-,36-,37-,38-,39-,40+,41+,42-,43-,54-,55-,56?,57-,58-,65-,66-,67+,68+,69-,70-/m0/s1. The lowest BCUT2D eigenvalue weighted by Gasteiger charge is -2.59. The molecule has 2 aromatic carbocycles. The second-order valence-corrected chi connectivity index (χ2v) is 27.5. The third-order valence-electron chi connectivity index (χ3n) is 22.0. The zero-order valence-electron chi connectivity index (χ0n) is 57.1. The average Bonchev–Trinajstić information content (AvgIpc) is 1.41. The molecule has 12 rings (SSSR count). The van der Waals surface area contributed by atoms with E-state index >= 15 is 4.79 Å². The van der Waals surface area contributed by atoms with Gasteiger partial charge in [-0.25, -0.2) is 0 Å². The van der Waals surface area contributed by atoms with Crippen LogP contribution in [0.4, 0.5) is 0 Å². The van der Waals surface area contributed by atoms with Crippen molar-refractivity contribution >= 4 is 46.1 Å². The van der Waals surface area contributed by atoms with Gasteiger partial charge in [-0.3, -0.25) is 24.0 Å². The van der Waals surface area contributed by atoms with Crippen LogP contribution < -0.4 is 0 Å². The SMILES string of the molecule is CC[C@@]1(O[C@H]2C[C@H](OC)[C@@H](OC)[C@H](C)O2)[C@H](O[C@@H]2C[C@H](O)[C@@H](N(C)C)[C@H](C)O2)C2=C(C(=O)[C@@H]1[C@H]1C(O)=C3C(=Cc4c(O)c5c(c(O)c43)C(=O)C=CC5=O)[C@@H](O[C@@H]3C[C@H](O)[C@@H](N(C)C)[C@H](C)O3)[C@@]1(CC)O[C@H]1C[C@H](OC)[C@@H](OC)[C@H](C)O1)c1c(O)c3c(c(O)c1C2N=[N-])C(=O)C=CC3=O. The highest BCUT2D eigenvalue weighted by Gasteiger charge is 2.71. The quantitative estimate of drug-likeness (QED) is 0.0696. The molecule has 4 aliphatic heterocycles. The summed E-state index contributed by atoms with van der Waals surface area (Å²) in [5.74, 6) is -13.3. The summed E-state index contributed by atoms with van der Waals surface area (Å²) in [4.78, 5) is 77.7. The van der Waals surface area contributed by atoms with Gasteiger partial charge >= 0.3 is 0 Å². The van der Waals surface area contributed by atoms with Gasteiger partial charge in [0.15, 0.2) is 54.1 Å². The predicted molar refractivity (Wildman–Crippen MR) is 344 cm³/mol. The number of hydrogen-bond acceptors (Lipinski definition) is 27. The summed E-state index contributed by atoms with van der Waals surface area (Å²) < 4.78 is 81.3. The highest BCUT2D eigenvalue weighted by atomic mass is 16.7. The summed E-state index contributed by atoms with van der Waals surface area (Å²) in [6, 6.07) is -3.17. The minimum Gasteiger partial charge on any atom is -0.711 e. The number of Topliss-reactive ketones (excluding diaryl/α,β-unsaturated/α-hetero) is 1. The first-order chi connectivity index (χ1) is 46.5. The zero-order chi connectivity index (χ0) is 71.0. The molecule has 532 valence electrons. The summed E-state index contributed by atoms with van der Waals surface area (Å²) >= 11 is 0. The second kappa shape index (κ2) is 26.8. The molecule has 2 aromatic rings. The van der Waals surface area contributed by atoms with E-state index in [1.807, 2.05) is 0 Å². The molecule has 28 heteroatoms. The van der Waals surface area contributed by atoms with Crippen LogP contribution in [0.3, 0.4) is 0 Å². The van der Waals surface area contributed by atoms with Crippen molar-refractivity contribution in [3.05, 3.63) is 91.2 Å².